The Bertz CT molecular complexity index is 1590. The lowest BCUT2D eigenvalue weighted by molar-refractivity contribution is -0.140. The molecular formula is C32H41N5O7S2. The van der Waals surface area contributed by atoms with Crippen molar-refractivity contribution in [1.29, 1.82) is 0 Å². The van der Waals surface area contributed by atoms with Crippen LogP contribution in [0.1, 0.15) is 62.5 Å². The molecule has 14 heteroatoms. The molecule has 3 N–H and O–H groups in total. The zero-order valence-corrected chi connectivity index (χ0v) is 27.8. The Balaban J connectivity index is 1.20. The molecule has 1 aromatic rings. The summed E-state index contributed by atoms with van der Waals surface area (Å²) in [7, 11) is -2.12. The van der Waals surface area contributed by atoms with E-state index < -0.39 is 56.7 Å². The molecule has 6 rings (SSSR count). The number of nitrogens with one attached hydrogen (secondary N) is 3. The molecule has 5 aliphatic rings. The van der Waals surface area contributed by atoms with Crippen LogP contribution in [0.15, 0.2) is 35.3 Å². The number of sulfonamides is 1. The van der Waals surface area contributed by atoms with E-state index in [1.54, 1.807) is 29.8 Å². The molecule has 3 fully saturated rings. The number of anilines is 1. The summed E-state index contributed by atoms with van der Waals surface area (Å²) in [5.41, 5.74) is 0.990. The van der Waals surface area contributed by atoms with Gasteiger partial charge in [0.15, 0.2) is 0 Å². The molecule has 2 heterocycles. The summed E-state index contributed by atoms with van der Waals surface area (Å²) >= 11 is 1.62. The maximum atomic E-state index is 13.9. The predicted molar refractivity (Wildman–Crippen MR) is 175 cm³/mol. The van der Waals surface area contributed by atoms with Crippen molar-refractivity contribution < 1.29 is 32.3 Å². The molecule has 0 spiro atoms. The van der Waals surface area contributed by atoms with E-state index in [1.807, 2.05) is 31.2 Å². The zero-order chi connectivity index (χ0) is 32.6. The second-order valence-corrected chi connectivity index (χ2v) is 16.1. The van der Waals surface area contributed by atoms with Crippen molar-refractivity contribution in [3.63, 3.8) is 0 Å². The Labute approximate surface area is 273 Å². The van der Waals surface area contributed by atoms with Crippen molar-refractivity contribution >= 4 is 56.3 Å². The summed E-state index contributed by atoms with van der Waals surface area (Å²) in [6, 6.07) is 5.66. The molecule has 2 aliphatic heterocycles. The molecule has 0 saturated heterocycles. The number of hydrogen-bond acceptors (Lipinski definition) is 9. The monoisotopic (exact) mass is 671 g/mol. The summed E-state index contributed by atoms with van der Waals surface area (Å²) in [6.07, 6.45) is 6.22. The standard InChI is InChI=1S/C32H41N5O7S2/c1-19-8-11-26(25(15-19)28-33-12-14-45-28)34-31(41)44-21-16-23-24(17-21)29(39)37(2)13-6-4-3-5-7-20-18-32(20,35-27(23)38)30(40)36-46(42,43)22-9-10-22/h5,7-8,11,15,20-24H,3-4,6,9-10,12-14,16-18H2,1-2H3,(H,34,41)(H,35,38)(H,36,40)/b7-5-/t20-,21-,23-,24-,32-/m1/s1. The molecule has 0 aromatic heterocycles. The number of nitrogens with zero attached hydrogens (tertiary/aromatic N) is 2. The van der Waals surface area contributed by atoms with Crippen LogP contribution < -0.4 is 15.4 Å². The lowest BCUT2D eigenvalue weighted by Crippen LogP contribution is -2.54. The fourth-order valence-electron chi connectivity index (χ4n) is 6.62. The number of thioether (sulfide) groups is 1. The van der Waals surface area contributed by atoms with E-state index in [0.717, 1.165) is 41.2 Å². The van der Waals surface area contributed by atoms with Gasteiger partial charge in [-0.15, -0.1) is 11.8 Å². The summed E-state index contributed by atoms with van der Waals surface area (Å²) in [4.78, 5) is 60.3. The molecule has 4 amide bonds. The maximum Gasteiger partial charge on any atom is 0.411 e. The van der Waals surface area contributed by atoms with Gasteiger partial charge in [-0.05, 0) is 70.4 Å². The molecular weight excluding hydrogens is 631 g/mol. The molecule has 248 valence electrons. The smallest absolute Gasteiger partial charge is 0.411 e. The third-order valence-corrected chi connectivity index (χ3v) is 12.3. The topological polar surface area (TPSA) is 163 Å². The van der Waals surface area contributed by atoms with Crippen LogP contribution in [0, 0.1) is 24.7 Å². The normalized spacial score (nSPS) is 30.7. The quantitative estimate of drug-likeness (QED) is 0.389. The molecule has 0 unspecified atom stereocenters. The van der Waals surface area contributed by atoms with E-state index in [-0.39, 0.29) is 31.1 Å². The second-order valence-electron chi connectivity index (χ2n) is 13.1. The number of rotatable bonds is 6. The number of aryl methyl sites for hydroxylation is 1. The van der Waals surface area contributed by atoms with E-state index in [2.05, 4.69) is 20.3 Å². The molecule has 0 bridgehead atoms. The minimum absolute atomic E-state index is 0.0887. The Morgan fingerprint density at radius 2 is 1.93 bits per heavy atom. The van der Waals surface area contributed by atoms with E-state index in [9.17, 15) is 27.6 Å². The average Bonchev–Trinajstić information content (AvgIpc) is 3.87. The molecule has 0 radical (unpaired) electrons. The third kappa shape index (κ3) is 6.97. The number of fused-ring (bicyclic) bond motifs is 2. The van der Waals surface area contributed by atoms with Gasteiger partial charge >= 0.3 is 6.09 Å². The van der Waals surface area contributed by atoms with Crippen LogP contribution in [0.25, 0.3) is 0 Å². The molecule has 1 aromatic carbocycles. The van der Waals surface area contributed by atoms with Crippen molar-refractivity contribution in [3.05, 3.63) is 41.5 Å². The van der Waals surface area contributed by atoms with Crippen LogP contribution >= 0.6 is 11.8 Å². The van der Waals surface area contributed by atoms with E-state index in [0.29, 0.717) is 31.6 Å². The molecule has 46 heavy (non-hydrogen) atoms. The van der Waals surface area contributed by atoms with Crippen molar-refractivity contribution in [3.8, 4) is 0 Å². The van der Waals surface area contributed by atoms with Gasteiger partial charge in [-0.3, -0.25) is 29.4 Å². The van der Waals surface area contributed by atoms with Crippen LogP contribution in [0.2, 0.25) is 0 Å². The first-order valence-corrected chi connectivity index (χ1v) is 18.6. The van der Waals surface area contributed by atoms with Crippen molar-refractivity contribution in [2.45, 2.75) is 75.2 Å². The minimum Gasteiger partial charge on any atom is -0.446 e. The van der Waals surface area contributed by atoms with Gasteiger partial charge in [0.1, 0.15) is 11.6 Å². The van der Waals surface area contributed by atoms with Crippen LogP contribution in [0.3, 0.4) is 0 Å². The van der Waals surface area contributed by atoms with Gasteiger partial charge in [0.05, 0.1) is 27.8 Å². The largest absolute Gasteiger partial charge is 0.446 e. The summed E-state index contributed by atoms with van der Waals surface area (Å²) < 4.78 is 33.3. The highest BCUT2D eigenvalue weighted by Gasteiger charge is 2.62. The predicted octanol–water partition coefficient (Wildman–Crippen LogP) is 3.11. The van der Waals surface area contributed by atoms with E-state index >= 15 is 0 Å². The molecule has 3 saturated carbocycles. The SMILES string of the molecule is Cc1ccc(NC(=O)O[C@@H]2C[C@H]3C(=O)N[C@]4(C(=O)NS(=O)(=O)C5CC5)C[C@H]4/C=C\CCCCN(C)C(=O)[C@@H]3C2)c(C2=NCCS2)c1. The van der Waals surface area contributed by atoms with Crippen LogP contribution in [0.5, 0.6) is 0 Å². The Morgan fingerprint density at radius 1 is 1.15 bits per heavy atom. The maximum absolute atomic E-state index is 13.9. The van der Waals surface area contributed by atoms with Crippen LogP contribution in [0.4, 0.5) is 10.5 Å². The van der Waals surface area contributed by atoms with E-state index in [4.69, 9.17) is 4.74 Å². The first kappa shape index (κ1) is 32.5. The molecule has 3 aliphatic carbocycles. The van der Waals surface area contributed by atoms with Crippen LogP contribution in [-0.4, -0.2) is 85.0 Å². The van der Waals surface area contributed by atoms with Gasteiger partial charge in [0, 0.05) is 37.4 Å². The van der Waals surface area contributed by atoms with Gasteiger partial charge in [0.25, 0.3) is 5.91 Å². The number of benzene rings is 1. The van der Waals surface area contributed by atoms with Crippen molar-refractivity contribution in [2.24, 2.45) is 22.7 Å². The van der Waals surface area contributed by atoms with E-state index in [1.165, 1.54) is 0 Å². The van der Waals surface area contributed by atoms with Crippen LogP contribution in [-0.2, 0) is 29.1 Å². The Kier molecular flexibility index (Phi) is 9.21. The number of aliphatic imine (C=N–C) groups is 1. The van der Waals surface area contributed by atoms with Gasteiger partial charge in [0.2, 0.25) is 21.8 Å². The Morgan fingerprint density at radius 3 is 2.67 bits per heavy atom. The fourth-order valence-corrected chi connectivity index (χ4v) is 8.87. The number of ether oxygens (including phenoxy) is 1. The lowest BCUT2D eigenvalue weighted by atomic mass is 9.93. The third-order valence-electron chi connectivity index (χ3n) is 9.50. The average molecular weight is 672 g/mol. The minimum atomic E-state index is -3.83. The first-order chi connectivity index (χ1) is 22.0. The molecule has 5 atom stereocenters. The summed E-state index contributed by atoms with van der Waals surface area (Å²) in [6.45, 7) is 3.20. The number of hydrogen-bond donors (Lipinski definition) is 3. The number of amides is 4. The van der Waals surface area contributed by atoms with Gasteiger partial charge in [-0.25, -0.2) is 13.2 Å². The zero-order valence-electron chi connectivity index (χ0n) is 26.1. The first-order valence-electron chi connectivity index (χ1n) is 16.0. The second kappa shape index (κ2) is 13.0. The van der Waals surface area contributed by atoms with Gasteiger partial charge in [-0.2, -0.15) is 0 Å². The highest BCUT2D eigenvalue weighted by atomic mass is 32.2. The number of carbonyl (C=O) groups is 4. The summed E-state index contributed by atoms with van der Waals surface area (Å²) in [5, 5.41) is 5.95. The highest BCUT2D eigenvalue weighted by Crippen LogP contribution is 2.47. The highest BCUT2D eigenvalue weighted by molar-refractivity contribution is 8.14. The van der Waals surface area contributed by atoms with Gasteiger partial charge < -0.3 is 15.0 Å². The Hall–Kier alpha value is -3.39. The number of carbonyl (C=O) groups excluding carboxylic acids is 4. The number of allylic oxidation sites excluding steroid dienone is 1. The van der Waals surface area contributed by atoms with Crippen molar-refractivity contribution in [1.82, 2.24) is 14.9 Å². The fraction of sp³-hybridized carbons (Fsp3) is 0.594. The van der Waals surface area contributed by atoms with Crippen molar-refractivity contribution in [2.75, 3.05) is 31.2 Å². The molecule has 12 nitrogen and oxygen atoms in total. The van der Waals surface area contributed by atoms with Gasteiger partial charge in [-0.1, -0.05) is 23.8 Å². The summed E-state index contributed by atoms with van der Waals surface area (Å²) in [5.74, 6) is -2.63. The lowest BCUT2D eigenvalue weighted by Gasteiger charge is -2.26.